The normalized spacial score (nSPS) is 21.8. The molecule has 0 saturated carbocycles. The minimum atomic E-state index is -0.268. The molecule has 4 rings (SSSR count). The molecule has 2 aromatic rings. The Morgan fingerprint density at radius 3 is 2.84 bits per heavy atom. The second-order valence-electron chi connectivity index (χ2n) is 6.62. The maximum Gasteiger partial charge on any atom is 0.256 e. The predicted molar refractivity (Wildman–Crippen MR) is 118 cm³/mol. The molecule has 0 fully saturated rings. The number of fused-ring (bicyclic) bond motifs is 3. The monoisotopic (exact) mass is 580 g/mol. The van der Waals surface area contributed by atoms with Crippen molar-refractivity contribution in [1.29, 1.82) is 0 Å². The van der Waals surface area contributed by atoms with Crippen molar-refractivity contribution < 1.29 is 9.53 Å². The molecule has 0 spiro atoms. The van der Waals surface area contributed by atoms with Crippen LogP contribution in [0.5, 0.6) is 5.75 Å². The van der Waals surface area contributed by atoms with E-state index in [9.17, 15) is 4.79 Å². The fraction of sp³-hybridized carbons (Fsp3) is 0.389. The van der Waals surface area contributed by atoms with Crippen LogP contribution in [0.2, 0.25) is 0 Å². The highest BCUT2D eigenvalue weighted by atomic mass is 127. The Hall–Kier alpha value is -0.550. The van der Waals surface area contributed by atoms with Gasteiger partial charge >= 0.3 is 0 Å². The fourth-order valence-electron chi connectivity index (χ4n) is 3.63. The largest absolute Gasteiger partial charge is 0.495 e. The summed E-state index contributed by atoms with van der Waals surface area (Å²) in [5.74, 6) is 1.54. The summed E-state index contributed by atoms with van der Waals surface area (Å²) >= 11 is 6.33. The van der Waals surface area contributed by atoms with E-state index < -0.39 is 0 Å². The van der Waals surface area contributed by atoms with Crippen LogP contribution in [0.25, 0.3) is 0 Å². The molecule has 1 aromatic carbocycles. The molecule has 2 atom stereocenters. The lowest BCUT2D eigenvalue weighted by molar-refractivity contribution is 0.0934. The molecule has 2 heterocycles. The van der Waals surface area contributed by atoms with Crippen molar-refractivity contribution in [3.8, 4) is 5.75 Å². The molecule has 4 nitrogen and oxygen atoms in total. The number of methoxy groups -OCH3 is 1. The van der Waals surface area contributed by atoms with E-state index in [2.05, 4.69) is 74.9 Å². The first-order valence-corrected chi connectivity index (χ1v) is 11.2. The zero-order chi connectivity index (χ0) is 17.7. The summed E-state index contributed by atoms with van der Waals surface area (Å²) in [7, 11) is 1.68. The van der Waals surface area contributed by atoms with Gasteiger partial charge in [-0.1, -0.05) is 6.92 Å². The maximum atomic E-state index is 12.9. The third-order valence-corrected chi connectivity index (χ3v) is 7.45. The van der Waals surface area contributed by atoms with Crippen LogP contribution < -0.4 is 15.4 Å². The Balaban J connectivity index is 1.75. The topological polar surface area (TPSA) is 50.4 Å². The standard InChI is InChI=1S/C18H18I2N2O2S/c1-8-3-4-10-13(5-8)25-18-14(10)17(23)21-16(22-18)11-6-9(19)7-12(20)15(11)24-2/h6-8,16,22H,3-5H2,1-2H3,(H,21,23)/t8-,16+/m1/s1. The second kappa shape index (κ2) is 6.88. The second-order valence-corrected chi connectivity index (χ2v) is 10.1. The van der Waals surface area contributed by atoms with E-state index in [0.29, 0.717) is 5.92 Å². The number of hydrogen-bond donors (Lipinski definition) is 2. The predicted octanol–water partition coefficient (Wildman–Crippen LogP) is 4.94. The number of amides is 1. The Morgan fingerprint density at radius 1 is 1.28 bits per heavy atom. The van der Waals surface area contributed by atoms with Gasteiger partial charge in [0.15, 0.2) is 0 Å². The Kier molecular flexibility index (Phi) is 4.91. The van der Waals surface area contributed by atoms with Crippen molar-refractivity contribution in [2.75, 3.05) is 12.4 Å². The molecule has 0 radical (unpaired) electrons. The average molecular weight is 580 g/mol. The van der Waals surface area contributed by atoms with Gasteiger partial charge in [-0.15, -0.1) is 11.3 Å². The van der Waals surface area contributed by atoms with Crippen molar-refractivity contribution in [2.24, 2.45) is 5.92 Å². The fourth-order valence-corrected chi connectivity index (χ4v) is 7.17. The van der Waals surface area contributed by atoms with Crippen molar-refractivity contribution in [1.82, 2.24) is 5.32 Å². The molecular formula is C18H18I2N2O2S. The van der Waals surface area contributed by atoms with Gasteiger partial charge in [-0.25, -0.2) is 0 Å². The lowest BCUT2D eigenvalue weighted by atomic mass is 9.88. The van der Waals surface area contributed by atoms with Crippen molar-refractivity contribution in [3.05, 3.63) is 40.8 Å². The quantitative estimate of drug-likeness (QED) is 0.495. The lowest BCUT2D eigenvalue weighted by Crippen LogP contribution is -2.38. The van der Waals surface area contributed by atoms with Crippen LogP contribution in [-0.2, 0) is 12.8 Å². The Morgan fingerprint density at radius 2 is 2.08 bits per heavy atom. The first-order valence-electron chi connectivity index (χ1n) is 8.22. The first-order chi connectivity index (χ1) is 12.0. The molecule has 2 N–H and O–H groups in total. The highest BCUT2D eigenvalue weighted by Gasteiger charge is 2.34. The molecule has 132 valence electrons. The molecule has 2 aliphatic rings. The van der Waals surface area contributed by atoms with Gasteiger partial charge in [-0.2, -0.15) is 0 Å². The van der Waals surface area contributed by atoms with Crippen LogP contribution in [0.1, 0.15) is 45.9 Å². The van der Waals surface area contributed by atoms with E-state index >= 15 is 0 Å². The smallest absolute Gasteiger partial charge is 0.256 e. The van der Waals surface area contributed by atoms with Crippen LogP contribution >= 0.6 is 56.5 Å². The van der Waals surface area contributed by atoms with Gasteiger partial charge in [-0.3, -0.25) is 4.79 Å². The first kappa shape index (κ1) is 17.8. The van der Waals surface area contributed by atoms with Gasteiger partial charge in [0.25, 0.3) is 5.91 Å². The van der Waals surface area contributed by atoms with Gasteiger partial charge < -0.3 is 15.4 Å². The van der Waals surface area contributed by atoms with Crippen molar-refractivity contribution >= 4 is 67.4 Å². The van der Waals surface area contributed by atoms with Crippen LogP contribution in [0.4, 0.5) is 5.00 Å². The third-order valence-electron chi connectivity index (χ3n) is 4.84. The van der Waals surface area contributed by atoms with Crippen molar-refractivity contribution in [2.45, 2.75) is 32.4 Å². The Labute approximate surface area is 178 Å². The average Bonchev–Trinajstić information content (AvgIpc) is 2.91. The SMILES string of the molecule is COc1c(I)cc(I)cc1[C@H]1NC(=O)c2c(sc3c2CC[C@@H](C)C3)N1. The number of halogens is 2. The van der Waals surface area contributed by atoms with Gasteiger partial charge in [0.2, 0.25) is 0 Å². The minimum absolute atomic E-state index is 0.0294. The molecule has 0 bridgehead atoms. The van der Waals surface area contributed by atoms with E-state index in [1.165, 1.54) is 10.4 Å². The third kappa shape index (κ3) is 3.16. The molecule has 1 aliphatic carbocycles. The lowest BCUT2D eigenvalue weighted by Gasteiger charge is -2.28. The van der Waals surface area contributed by atoms with Crippen molar-refractivity contribution in [3.63, 3.8) is 0 Å². The molecule has 1 aromatic heterocycles. The summed E-state index contributed by atoms with van der Waals surface area (Å²) in [6, 6.07) is 4.14. The van der Waals surface area contributed by atoms with E-state index in [1.54, 1.807) is 18.4 Å². The van der Waals surface area contributed by atoms with Crippen LogP contribution in [0, 0.1) is 13.1 Å². The molecule has 7 heteroatoms. The Bertz CT molecular complexity index is 865. The molecule has 0 unspecified atom stereocenters. The number of nitrogens with one attached hydrogen (secondary N) is 2. The minimum Gasteiger partial charge on any atom is -0.495 e. The highest BCUT2D eigenvalue weighted by molar-refractivity contribution is 14.1. The number of rotatable bonds is 2. The number of anilines is 1. The number of carbonyl (C=O) groups excluding carboxylic acids is 1. The maximum absolute atomic E-state index is 12.9. The summed E-state index contributed by atoms with van der Waals surface area (Å²) < 4.78 is 7.77. The summed E-state index contributed by atoms with van der Waals surface area (Å²) in [5, 5.41) is 7.68. The van der Waals surface area contributed by atoms with Crippen LogP contribution in [0.3, 0.4) is 0 Å². The van der Waals surface area contributed by atoms with Gasteiger partial charge in [-0.05, 0) is 88.1 Å². The van der Waals surface area contributed by atoms with E-state index in [4.69, 9.17) is 4.74 Å². The number of benzene rings is 1. The zero-order valence-electron chi connectivity index (χ0n) is 13.9. The van der Waals surface area contributed by atoms with E-state index in [-0.39, 0.29) is 12.1 Å². The van der Waals surface area contributed by atoms with Gasteiger partial charge in [0.05, 0.1) is 16.2 Å². The van der Waals surface area contributed by atoms with Crippen LogP contribution in [-0.4, -0.2) is 13.0 Å². The number of thiophene rings is 1. The molecular weight excluding hydrogens is 562 g/mol. The highest BCUT2D eigenvalue weighted by Crippen LogP contribution is 2.43. The molecule has 25 heavy (non-hydrogen) atoms. The van der Waals surface area contributed by atoms with Crippen LogP contribution in [0.15, 0.2) is 12.1 Å². The molecule has 0 saturated heterocycles. The summed E-state index contributed by atoms with van der Waals surface area (Å²) in [6.07, 6.45) is 2.98. The molecule has 1 aliphatic heterocycles. The summed E-state index contributed by atoms with van der Waals surface area (Å²) in [6.45, 7) is 2.29. The summed E-state index contributed by atoms with van der Waals surface area (Å²) in [4.78, 5) is 14.2. The number of ether oxygens (including phenoxy) is 1. The number of hydrogen-bond acceptors (Lipinski definition) is 4. The van der Waals surface area contributed by atoms with E-state index in [0.717, 1.165) is 48.3 Å². The molecule has 1 amide bonds. The van der Waals surface area contributed by atoms with Gasteiger partial charge in [0, 0.05) is 14.0 Å². The van der Waals surface area contributed by atoms with Gasteiger partial charge in [0.1, 0.15) is 16.9 Å². The summed E-state index contributed by atoms with van der Waals surface area (Å²) in [5.41, 5.74) is 3.09. The van der Waals surface area contributed by atoms with E-state index in [1.807, 2.05) is 0 Å². The number of carbonyl (C=O) groups is 1. The zero-order valence-corrected chi connectivity index (χ0v) is 19.0.